The molecule has 0 spiro atoms. The van der Waals surface area contributed by atoms with Gasteiger partial charge < -0.3 is 10.5 Å². The minimum absolute atomic E-state index is 0.00236. The maximum Gasteiger partial charge on any atom is 0.274 e. The van der Waals surface area contributed by atoms with E-state index in [2.05, 4.69) is 17.1 Å². The van der Waals surface area contributed by atoms with Gasteiger partial charge in [-0.15, -0.1) is 6.58 Å². The Kier molecular flexibility index (Phi) is 4.09. The summed E-state index contributed by atoms with van der Waals surface area (Å²) in [6, 6.07) is 8.74. The first kappa shape index (κ1) is 11.0. The Labute approximate surface area is 87.9 Å². The van der Waals surface area contributed by atoms with Crippen LogP contribution in [-0.4, -0.2) is 23.4 Å². The van der Waals surface area contributed by atoms with Crippen LogP contribution in [0.5, 0.6) is 0 Å². The van der Waals surface area contributed by atoms with Crippen molar-refractivity contribution in [3.05, 3.63) is 48.6 Å². The molecular weight excluding hydrogens is 192 g/mol. The van der Waals surface area contributed by atoms with Crippen molar-refractivity contribution in [1.29, 1.82) is 0 Å². The average Bonchev–Trinajstić information content (AvgIpc) is 2.29. The van der Waals surface area contributed by atoms with Gasteiger partial charge in [0.25, 0.3) is 5.91 Å². The summed E-state index contributed by atoms with van der Waals surface area (Å²) in [6.07, 6.45) is 1.55. The Morgan fingerprint density at radius 2 is 2.13 bits per heavy atom. The minimum Gasteiger partial charge on any atom is -0.410 e. The molecule has 0 aromatic heterocycles. The number of rotatable bonds is 4. The highest BCUT2D eigenvalue weighted by molar-refractivity contribution is 6.45. The fourth-order valence-electron chi connectivity index (χ4n) is 1.08. The summed E-state index contributed by atoms with van der Waals surface area (Å²) in [4.78, 5) is 11.5. The molecular formula is C11H12N2O2. The zero-order valence-corrected chi connectivity index (χ0v) is 8.18. The maximum atomic E-state index is 11.5. The van der Waals surface area contributed by atoms with Gasteiger partial charge in [0, 0.05) is 12.1 Å². The van der Waals surface area contributed by atoms with Gasteiger partial charge in [0.15, 0.2) is 5.71 Å². The van der Waals surface area contributed by atoms with Gasteiger partial charge >= 0.3 is 0 Å². The molecule has 0 saturated carbocycles. The SMILES string of the molecule is C=CCNC(=O)C(=NO)c1ccccc1. The van der Waals surface area contributed by atoms with Crippen LogP contribution in [0.15, 0.2) is 48.1 Å². The molecule has 4 heteroatoms. The summed E-state index contributed by atoms with van der Waals surface area (Å²) in [5.41, 5.74) is 0.569. The van der Waals surface area contributed by atoms with Gasteiger partial charge in [-0.1, -0.05) is 41.6 Å². The van der Waals surface area contributed by atoms with Crippen LogP contribution in [0.25, 0.3) is 0 Å². The highest BCUT2D eigenvalue weighted by atomic mass is 16.4. The molecule has 1 aromatic rings. The van der Waals surface area contributed by atoms with E-state index in [1.54, 1.807) is 30.3 Å². The summed E-state index contributed by atoms with van der Waals surface area (Å²) < 4.78 is 0. The van der Waals surface area contributed by atoms with Crippen LogP contribution in [0.1, 0.15) is 5.56 Å². The molecule has 0 aliphatic rings. The first-order valence-electron chi connectivity index (χ1n) is 4.46. The Morgan fingerprint density at radius 1 is 1.47 bits per heavy atom. The van der Waals surface area contributed by atoms with Gasteiger partial charge in [-0.25, -0.2) is 0 Å². The van der Waals surface area contributed by atoms with E-state index in [1.807, 2.05) is 6.07 Å². The number of carbonyl (C=O) groups excluding carboxylic acids is 1. The fourth-order valence-corrected chi connectivity index (χ4v) is 1.08. The van der Waals surface area contributed by atoms with Gasteiger partial charge in [-0.3, -0.25) is 4.79 Å². The molecule has 0 bridgehead atoms. The first-order valence-corrected chi connectivity index (χ1v) is 4.46. The number of nitrogens with zero attached hydrogens (tertiary/aromatic N) is 1. The topological polar surface area (TPSA) is 61.7 Å². The van der Waals surface area contributed by atoms with E-state index in [0.717, 1.165) is 0 Å². The van der Waals surface area contributed by atoms with Crippen molar-refractivity contribution < 1.29 is 10.0 Å². The Morgan fingerprint density at radius 3 is 2.67 bits per heavy atom. The van der Waals surface area contributed by atoms with E-state index in [4.69, 9.17) is 5.21 Å². The highest BCUT2D eigenvalue weighted by Crippen LogP contribution is 2.00. The van der Waals surface area contributed by atoms with E-state index in [-0.39, 0.29) is 5.71 Å². The van der Waals surface area contributed by atoms with Crippen molar-refractivity contribution in [1.82, 2.24) is 5.32 Å². The molecule has 78 valence electrons. The summed E-state index contributed by atoms with van der Waals surface area (Å²) >= 11 is 0. The quantitative estimate of drug-likeness (QED) is 0.334. The average molecular weight is 204 g/mol. The second-order valence-electron chi connectivity index (χ2n) is 2.81. The van der Waals surface area contributed by atoms with E-state index in [1.165, 1.54) is 0 Å². The Hall–Kier alpha value is -2.10. The van der Waals surface area contributed by atoms with Crippen molar-refractivity contribution in [3.63, 3.8) is 0 Å². The minimum atomic E-state index is -0.427. The number of hydrogen-bond acceptors (Lipinski definition) is 3. The van der Waals surface area contributed by atoms with Crippen molar-refractivity contribution in [2.24, 2.45) is 5.16 Å². The van der Waals surface area contributed by atoms with Crippen LogP contribution in [0.2, 0.25) is 0 Å². The van der Waals surface area contributed by atoms with Crippen LogP contribution in [0.3, 0.4) is 0 Å². The van der Waals surface area contributed by atoms with Gasteiger partial charge in [0.05, 0.1) is 0 Å². The Balaban J connectivity index is 2.82. The normalized spacial score (nSPS) is 10.8. The lowest BCUT2D eigenvalue weighted by atomic mass is 10.1. The molecule has 4 nitrogen and oxygen atoms in total. The van der Waals surface area contributed by atoms with Gasteiger partial charge in [-0.2, -0.15) is 0 Å². The monoisotopic (exact) mass is 204 g/mol. The summed E-state index contributed by atoms with van der Waals surface area (Å²) in [5, 5.41) is 14.3. The molecule has 0 unspecified atom stereocenters. The largest absolute Gasteiger partial charge is 0.410 e. The molecule has 0 heterocycles. The van der Waals surface area contributed by atoms with E-state index < -0.39 is 5.91 Å². The lowest BCUT2D eigenvalue weighted by Crippen LogP contribution is -2.31. The van der Waals surface area contributed by atoms with E-state index in [9.17, 15) is 4.79 Å². The van der Waals surface area contributed by atoms with Crippen molar-refractivity contribution >= 4 is 11.6 Å². The molecule has 15 heavy (non-hydrogen) atoms. The molecule has 2 N–H and O–H groups in total. The number of hydrogen-bond donors (Lipinski definition) is 2. The van der Waals surface area contributed by atoms with Crippen molar-refractivity contribution in [3.8, 4) is 0 Å². The molecule has 0 fully saturated rings. The smallest absolute Gasteiger partial charge is 0.274 e. The van der Waals surface area contributed by atoms with Crippen LogP contribution in [0.4, 0.5) is 0 Å². The standard InChI is InChI=1S/C11H12N2O2/c1-2-8-12-11(14)10(13-15)9-6-4-3-5-7-9/h2-7,15H,1,8H2,(H,12,14). The van der Waals surface area contributed by atoms with Crippen molar-refractivity contribution in [2.75, 3.05) is 6.54 Å². The van der Waals surface area contributed by atoms with E-state index >= 15 is 0 Å². The van der Waals surface area contributed by atoms with E-state index in [0.29, 0.717) is 12.1 Å². The van der Waals surface area contributed by atoms with Crippen molar-refractivity contribution in [2.45, 2.75) is 0 Å². The summed E-state index contributed by atoms with van der Waals surface area (Å²) in [7, 11) is 0. The summed E-state index contributed by atoms with van der Waals surface area (Å²) in [6.45, 7) is 3.81. The molecule has 0 radical (unpaired) electrons. The predicted molar refractivity (Wildman–Crippen MR) is 58.0 cm³/mol. The molecule has 0 saturated heterocycles. The number of benzene rings is 1. The van der Waals surface area contributed by atoms with Crippen LogP contribution in [-0.2, 0) is 4.79 Å². The molecule has 1 rings (SSSR count). The third-order valence-corrected chi connectivity index (χ3v) is 1.77. The van der Waals surface area contributed by atoms with Gasteiger partial charge in [0.1, 0.15) is 0 Å². The molecule has 1 aromatic carbocycles. The maximum absolute atomic E-state index is 11.5. The molecule has 0 aliphatic carbocycles. The number of carbonyl (C=O) groups is 1. The Bertz CT molecular complexity index is 371. The van der Waals surface area contributed by atoms with Gasteiger partial charge in [0.2, 0.25) is 0 Å². The fraction of sp³-hybridized carbons (Fsp3) is 0.0909. The lowest BCUT2D eigenvalue weighted by molar-refractivity contribution is -0.114. The first-order chi connectivity index (χ1) is 7.29. The van der Waals surface area contributed by atoms with Crippen LogP contribution in [0, 0.1) is 0 Å². The number of oxime groups is 1. The van der Waals surface area contributed by atoms with Crippen LogP contribution >= 0.6 is 0 Å². The predicted octanol–water partition coefficient (Wildman–Crippen LogP) is 1.17. The molecule has 0 atom stereocenters. The third-order valence-electron chi connectivity index (χ3n) is 1.77. The molecule has 1 amide bonds. The number of nitrogens with one attached hydrogen (secondary N) is 1. The summed E-state index contributed by atoms with van der Waals surface area (Å²) in [5.74, 6) is -0.427. The zero-order valence-electron chi connectivity index (χ0n) is 8.18. The lowest BCUT2D eigenvalue weighted by Gasteiger charge is -2.04. The second-order valence-corrected chi connectivity index (χ2v) is 2.81. The second kappa shape index (κ2) is 5.59. The third kappa shape index (κ3) is 2.95. The highest BCUT2D eigenvalue weighted by Gasteiger charge is 2.12. The van der Waals surface area contributed by atoms with Gasteiger partial charge in [-0.05, 0) is 0 Å². The zero-order chi connectivity index (χ0) is 11.1. The number of amides is 1. The van der Waals surface area contributed by atoms with Crippen LogP contribution < -0.4 is 5.32 Å². The molecule has 0 aliphatic heterocycles.